The number of piperidine rings is 1. The maximum Gasteiger partial charge on any atom is 0.228 e. The number of likely N-dealkylation sites (tertiary alicyclic amines) is 1. The first kappa shape index (κ1) is 26.8. The van der Waals surface area contributed by atoms with E-state index in [9.17, 15) is 19.8 Å². The third kappa shape index (κ3) is 5.64. The molecule has 2 heterocycles. The molecule has 3 aromatic carbocycles. The Balaban J connectivity index is 1.38. The van der Waals surface area contributed by atoms with Crippen LogP contribution in [0.15, 0.2) is 66.7 Å². The second-order valence-electron chi connectivity index (χ2n) is 11.1. The van der Waals surface area contributed by atoms with Gasteiger partial charge in [0.2, 0.25) is 5.91 Å². The van der Waals surface area contributed by atoms with E-state index in [1.54, 1.807) is 66.7 Å². The minimum Gasteiger partial charge on any atom is -0.508 e. The van der Waals surface area contributed by atoms with Gasteiger partial charge in [0.1, 0.15) is 23.9 Å². The van der Waals surface area contributed by atoms with E-state index < -0.39 is 5.41 Å². The van der Waals surface area contributed by atoms with E-state index in [2.05, 4.69) is 0 Å². The van der Waals surface area contributed by atoms with Crippen LogP contribution in [0.3, 0.4) is 0 Å². The molecule has 1 saturated heterocycles. The van der Waals surface area contributed by atoms with E-state index in [0.29, 0.717) is 23.5 Å². The molecule has 1 aliphatic heterocycles. The number of carbonyl (C=O) groups excluding carboxylic acids is 2. The number of amides is 1. The summed E-state index contributed by atoms with van der Waals surface area (Å²) in [4.78, 5) is 29.5. The predicted molar refractivity (Wildman–Crippen MR) is 155 cm³/mol. The first-order valence-corrected chi connectivity index (χ1v) is 14.1. The van der Waals surface area contributed by atoms with Gasteiger partial charge < -0.3 is 19.8 Å². The second kappa shape index (κ2) is 10.7. The molecular weight excluding hydrogens is 510 g/mol. The summed E-state index contributed by atoms with van der Waals surface area (Å²) in [6.07, 6.45) is 3.00. The Morgan fingerprint density at radius 1 is 0.949 bits per heavy atom. The van der Waals surface area contributed by atoms with Crippen LogP contribution in [0.5, 0.6) is 17.2 Å². The summed E-state index contributed by atoms with van der Waals surface area (Å²) in [7, 11) is 0. The van der Waals surface area contributed by atoms with Crippen LogP contribution in [0.2, 0.25) is 0 Å². The van der Waals surface area contributed by atoms with Crippen molar-refractivity contribution in [2.45, 2.75) is 46.1 Å². The fourth-order valence-corrected chi connectivity index (χ4v) is 6.28. The van der Waals surface area contributed by atoms with Crippen molar-refractivity contribution in [2.24, 2.45) is 5.41 Å². The number of phenolic OH excluding ortho intramolecular Hbond substituents is 2. The topological polar surface area (TPSA) is 87.1 Å². The Morgan fingerprint density at radius 3 is 2.33 bits per heavy atom. The Kier molecular flexibility index (Phi) is 7.36. The summed E-state index contributed by atoms with van der Waals surface area (Å²) in [5.41, 5.74) is 1.48. The lowest BCUT2D eigenvalue weighted by molar-refractivity contribution is -0.144. The van der Waals surface area contributed by atoms with Gasteiger partial charge in [-0.1, -0.05) is 20.8 Å². The summed E-state index contributed by atoms with van der Waals surface area (Å²) in [5, 5.41) is 20.5. The summed E-state index contributed by atoms with van der Waals surface area (Å²) >= 11 is 1.43. The molecule has 1 fully saturated rings. The van der Waals surface area contributed by atoms with Gasteiger partial charge in [0.05, 0.1) is 6.04 Å². The van der Waals surface area contributed by atoms with Crippen LogP contribution in [0, 0.1) is 5.41 Å². The van der Waals surface area contributed by atoms with Crippen LogP contribution in [-0.2, 0) is 4.79 Å². The van der Waals surface area contributed by atoms with Gasteiger partial charge >= 0.3 is 0 Å². The molecule has 0 saturated carbocycles. The number of nitrogens with zero attached hydrogens (tertiary/aromatic N) is 1. The lowest BCUT2D eigenvalue weighted by atomic mass is 9.91. The predicted octanol–water partition coefficient (Wildman–Crippen LogP) is 7.02. The first-order valence-electron chi connectivity index (χ1n) is 13.3. The number of ketones is 1. The van der Waals surface area contributed by atoms with Gasteiger partial charge in [-0.2, -0.15) is 0 Å². The van der Waals surface area contributed by atoms with Crippen LogP contribution in [0.1, 0.15) is 56.0 Å². The Labute approximate surface area is 232 Å². The zero-order chi connectivity index (χ0) is 27.7. The van der Waals surface area contributed by atoms with Crippen LogP contribution in [0.4, 0.5) is 0 Å². The molecule has 6 nitrogen and oxygen atoms in total. The van der Waals surface area contributed by atoms with E-state index in [1.807, 2.05) is 25.7 Å². The van der Waals surface area contributed by atoms with E-state index in [-0.39, 0.29) is 29.2 Å². The molecular formula is C32H33NO5S. The van der Waals surface area contributed by atoms with E-state index in [1.165, 1.54) is 11.3 Å². The maximum absolute atomic E-state index is 13.8. The molecule has 1 unspecified atom stereocenters. The number of fused-ring (bicyclic) bond motifs is 1. The van der Waals surface area contributed by atoms with E-state index in [4.69, 9.17) is 4.74 Å². The Bertz CT molecular complexity index is 1500. The average molecular weight is 544 g/mol. The van der Waals surface area contributed by atoms with Crippen molar-refractivity contribution < 1.29 is 24.5 Å². The highest BCUT2D eigenvalue weighted by Crippen LogP contribution is 2.41. The number of aromatic hydroxyl groups is 2. The SMILES string of the molecule is CC(C)(C)C(=O)N1CCCCC1COc1ccc(C(=O)c2c(-c3ccc(O)cc3)sc3cc(O)ccc23)cc1. The lowest BCUT2D eigenvalue weighted by Gasteiger charge is -2.39. The van der Waals surface area contributed by atoms with Crippen molar-refractivity contribution in [3.8, 4) is 27.7 Å². The van der Waals surface area contributed by atoms with Gasteiger partial charge in [0, 0.05) is 38.0 Å². The Morgan fingerprint density at radius 2 is 1.64 bits per heavy atom. The molecule has 1 aromatic heterocycles. The van der Waals surface area contributed by atoms with Crippen molar-refractivity contribution in [3.05, 3.63) is 77.9 Å². The highest BCUT2D eigenvalue weighted by molar-refractivity contribution is 7.22. The van der Waals surface area contributed by atoms with Crippen molar-refractivity contribution in [3.63, 3.8) is 0 Å². The van der Waals surface area contributed by atoms with Gasteiger partial charge in [0.25, 0.3) is 0 Å². The van der Waals surface area contributed by atoms with Crippen molar-refractivity contribution in [1.82, 2.24) is 4.90 Å². The molecule has 7 heteroatoms. The number of rotatable bonds is 6. The Hall–Kier alpha value is -3.84. The van der Waals surface area contributed by atoms with Crippen LogP contribution in [0.25, 0.3) is 20.5 Å². The van der Waals surface area contributed by atoms with Gasteiger partial charge in [-0.25, -0.2) is 0 Å². The van der Waals surface area contributed by atoms with Gasteiger partial charge in [-0.05, 0) is 91.6 Å². The lowest BCUT2D eigenvalue weighted by Crippen LogP contribution is -2.50. The monoisotopic (exact) mass is 543 g/mol. The molecule has 0 bridgehead atoms. The highest BCUT2D eigenvalue weighted by atomic mass is 32.1. The molecule has 1 amide bonds. The average Bonchev–Trinajstić information content (AvgIpc) is 3.30. The van der Waals surface area contributed by atoms with E-state index in [0.717, 1.165) is 46.3 Å². The van der Waals surface area contributed by atoms with Crippen molar-refractivity contribution in [2.75, 3.05) is 13.2 Å². The molecule has 1 aliphatic rings. The molecule has 0 aliphatic carbocycles. The number of phenols is 2. The summed E-state index contributed by atoms with van der Waals surface area (Å²) in [5.74, 6) is 0.967. The number of hydrogen-bond acceptors (Lipinski definition) is 6. The minimum atomic E-state index is -0.429. The van der Waals surface area contributed by atoms with Crippen molar-refractivity contribution >= 4 is 33.1 Å². The van der Waals surface area contributed by atoms with Crippen molar-refractivity contribution in [1.29, 1.82) is 0 Å². The standard InChI is InChI=1S/C32H33NO5S/c1-32(2,3)31(37)33-17-5-4-6-22(33)19-38-25-14-9-20(10-15-25)29(36)28-26-16-13-24(35)18-27(26)39-30(28)21-7-11-23(34)12-8-21/h7-16,18,22,34-35H,4-6,17,19H2,1-3H3. The zero-order valence-corrected chi connectivity index (χ0v) is 23.3. The fraction of sp³-hybridized carbons (Fsp3) is 0.312. The molecule has 0 spiro atoms. The third-order valence-electron chi connectivity index (χ3n) is 7.12. The number of carbonyl (C=O) groups is 2. The largest absolute Gasteiger partial charge is 0.508 e. The smallest absolute Gasteiger partial charge is 0.228 e. The van der Waals surface area contributed by atoms with Gasteiger partial charge in [-0.15, -0.1) is 11.3 Å². The summed E-state index contributed by atoms with van der Waals surface area (Å²) in [6.45, 7) is 7.02. The highest BCUT2D eigenvalue weighted by Gasteiger charge is 2.33. The molecule has 0 radical (unpaired) electrons. The van der Waals surface area contributed by atoms with Crippen LogP contribution >= 0.6 is 11.3 Å². The fourth-order valence-electron chi connectivity index (χ4n) is 5.04. The van der Waals surface area contributed by atoms with Gasteiger partial charge in [-0.3, -0.25) is 9.59 Å². The number of thiophene rings is 1. The molecule has 2 N–H and O–H groups in total. The first-order chi connectivity index (χ1) is 18.6. The normalized spacial score (nSPS) is 15.9. The molecule has 1 atom stereocenters. The van der Waals surface area contributed by atoms with Crippen LogP contribution in [-0.4, -0.2) is 46.0 Å². The second-order valence-corrected chi connectivity index (χ2v) is 12.1. The molecule has 4 aromatic rings. The molecule has 39 heavy (non-hydrogen) atoms. The minimum absolute atomic E-state index is 0.0354. The zero-order valence-electron chi connectivity index (χ0n) is 22.4. The van der Waals surface area contributed by atoms with E-state index >= 15 is 0 Å². The number of ether oxygens (including phenoxy) is 1. The molecule has 202 valence electrons. The van der Waals surface area contributed by atoms with Crippen LogP contribution < -0.4 is 4.74 Å². The van der Waals surface area contributed by atoms with Gasteiger partial charge in [0.15, 0.2) is 5.78 Å². The number of hydrogen-bond donors (Lipinski definition) is 2. The molecule has 5 rings (SSSR count). The quantitative estimate of drug-likeness (QED) is 0.255. The number of benzene rings is 3. The maximum atomic E-state index is 13.8. The summed E-state index contributed by atoms with van der Waals surface area (Å²) < 4.78 is 6.91. The third-order valence-corrected chi connectivity index (χ3v) is 8.32. The summed E-state index contributed by atoms with van der Waals surface area (Å²) in [6, 6.07) is 18.9.